The molecule has 0 aliphatic heterocycles. The summed E-state index contributed by atoms with van der Waals surface area (Å²) in [7, 11) is 0. The van der Waals surface area contributed by atoms with E-state index in [9.17, 15) is 9.65 Å². The van der Waals surface area contributed by atoms with Gasteiger partial charge < -0.3 is 16.4 Å². The molecule has 0 atom stereocenters. The molecule has 160 valence electrons. The van der Waals surface area contributed by atoms with E-state index in [4.69, 9.17) is 5.73 Å². The van der Waals surface area contributed by atoms with Gasteiger partial charge in [-0.15, -0.1) is 0 Å². The van der Waals surface area contributed by atoms with Crippen molar-refractivity contribution in [1.82, 2.24) is 20.4 Å². The maximum atomic E-state index is 13.0. The molecule has 2 aromatic carbocycles. The molecule has 1 heterocycles. The van der Waals surface area contributed by atoms with Gasteiger partial charge in [0, 0.05) is 13.1 Å². The van der Waals surface area contributed by atoms with Gasteiger partial charge in [0.25, 0.3) is 0 Å². The minimum absolute atomic E-state index is 0.259. The van der Waals surface area contributed by atoms with Gasteiger partial charge in [0.1, 0.15) is 23.3 Å². The summed E-state index contributed by atoms with van der Waals surface area (Å²) in [4.78, 5) is 4.53. The Hall–Kier alpha value is -3.86. The molecule has 1 aromatic heterocycles. The largest absolute Gasteiger partial charge is 0.382 e. The molecule has 0 saturated heterocycles. The van der Waals surface area contributed by atoms with Crippen LogP contribution in [0, 0.1) is 17.1 Å². The van der Waals surface area contributed by atoms with Gasteiger partial charge in [-0.25, -0.2) is 14.1 Å². The number of aliphatic imine (C=N–C) groups is 1. The Morgan fingerprint density at radius 2 is 1.90 bits per heavy atom. The van der Waals surface area contributed by atoms with E-state index in [1.807, 2.05) is 37.3 Å². The number of anilines is 1. The predicted molar refractivity (Wildman–Crippen MR) is 120 cm³/mol. The number of hydrogen-bond acceptors (Lipinski definition) is 4. The second kappa shape index (κ2) is 10.8. The molecule has 0 bridgehead atoms. The van der Waals surface area contributed by atoms with Crippen LogP contribution in [0.3, 0.4) is 0 Å². The summed E-state index contributed by atoms with van der Waals surface area (Å²) in [5.41, 5.74) is 9.00. The number of nitrogens with two attached hydrogens (primary N) is 1. The Kier molecular flexibility index (Phi) is 7.60. The quantitative estimate of drug-likeness (QED) is 0.296. The third kappa shape index (κ3) is 5.82. The smallest absolute Gasteiger partial charge is 0.191 e. The van der Waals surface area contributed by atoms with Crippen LogP contribution in [0.15, 0.2) is 59.6 Å². The number of para-hydroxylation sites is 1. The van der Waals surface area contributed by atoms with E-state index in [0.717, 1.165) is 24.2 Å². The minimum atomic E-state index is -0.259. The summed E-state index contributed by atoms with van der Waals surface area (Å²) in [6, 6.07) is 18.0. The number of hydrogen-bond donors (Lipinski definition) is 3. The van der Waals surface area contributed by atoms with E-state index in [1.165, 1.54) is 12.1 Å². The molecule has 0 spiro atoms. The molecule has 0 aliphatic rings. The highest BCUT2D eigenvalue weighted by molar-refractivity contribution is 5.79. The summed E-state index contributed by atoms with van der Waals surface area (Å²) in [6.07, 6.45) is 1.36. The third-order valence-electron chi connectivity index (χ3n) is 4.67. The average Bonchev–Trinajstić information content (AvgIpc) is 3.11. The van der Waals surface area contributed by atoms with Crippen molar-refractivity contribution in [2.75, 3.05) is 18.8 Å². The first-order chi connectivity index (χ1) is 15.1. The maximum absolute atomic E-state index is 13.0. The number of nitrogens with one attached hydrogen (secondary N) is 2. The molecule has 7 nitrogen and oxygen atoms in total. The molecule has 0 amide bonds. The van der Waals surface area contributed by atoms with Gasteiger partial charge in [-0.05, 0) is 49.6 Å². The molecule has 3 aromatic rings. The molecule has 0 unspecified atom stereocenters. The Morgan fingerprint density at radius 3 is 2.58 bits per heavy atom. The molecule has 4 N–H and O–H groups in total. The van der Waals surface area contributed by atoms with Crippen LogP contribution >= 0.6 is 0 Å². The predicted octanol–water partition coefficient (Wildman–Crippen LogP) is 3.15. The number of nitriles is 1. The summed E-state index contributed by atoms with van der Waals surface area (Å²) >= 11 is 0. The molecule has 8 heteroatoms. The molecule has 31 heavy (non-hydrogen) atoms. The Labute approximate surface area is 181 Å². The number of halogens is 1. The Morgan fingerprint density at radius 1 is 1.16 bits per heavy atom. The number of nitrogens with zero attached hydrogens (tertiary/aromatic N) is 4. The van der Waals surface area contributed by atoms with Crippen LogP contribution in [0.2, 0.25) is 0 Å². The van der Waals surface area contributed by atoms with Crippen molar-refractivity contribution in [1.29, 1.82) is 5.26 Å². The highest BCUT2D eigenvalue weighted by atomic mass is 19.1. The lowest BCUT2D eigenvalue weighted by Gasteiger charge is -2.11. The third-order valence-corrected chi connectivity index (χ3v) is 4.67. The second-order valence-corrected chi connectivity index (χ2v) is 6.92. The van der Waals surface area contributed by atoms with Crippen LogP contribution in [0.1, 0.15) is 30.2 Å². The maximum Gasteiger partial charge on any atom is 0.191 e. The number of rotatable bonds is 8. The van der Waals surface area contributed by atoms with E-state index < -0.39 is 0 Å². The van der Waals surface area contributed by atoms with Crippen molar-refractivity contribution in [3.05, 3.63) is 77.2 Å². The normalized spacial score (nSPS) is 11.2. The van der Waals surface area contributed by atoms with Gasteiger partial charge >= 0.3 is 0 Å². The number of aromatic nitrogens is 2. The van der Waals surface area contributed by atoms with Crippen LogP contribution in [-0.2, 0) is 13.0 Å². The highest BCUT2D eigenvalue weighted by Gasteiger charge is 2.16. The molecular weight excluding hydrogens is 393 g/mol. The highest BCUT2D eigenvalue weighted by Crippen LogP contribution is 2.21. The Balaban J connectivity index is 1.59. The van der Waals surface area contributed by atoms with Crippen LogP contribution in [0.4, 0.5) is 10.2 Å². The van der Waals surface area contributed by atoms with E-state index >= 15 is 0 Å². The molecule has 0 fully saturated rings. The van der Waals surface area contributed by atoms with Gasteiger partial charge in [-0.3, -0.25) is 0 Å². The van der Waals surface area contributed by atoms with Crippen molar-refractivity contribution in [2.45, 2.75) is 26.3 Å². The van der Waals surface area contributed by atoms with E-state index in [-0.39, 0.29) is 5.82 Å². The SMILES string of the molecule is CCNC(=NCc1ccc(F)cc1)NCCCc1nn(-c2ccccc2)c(N)c1C#N. The fraction of sp³-hybridized carbons (Fsp3) is 0.261. The average molecular weight is 420 g/mol. The summed E-state index contributed by atoms with van der Waals surface area (Å²) in [5.74, 6) is 0.775. The zero-order valence-electron chi connectivity index (χ0n) is 17.5. The standard InChI is InChI=1S/C23H26FN7/c1-2-27-23(29-16-17-10-12-18(24)13-11-17)28-14-6-9-21-20(15-25)22(26)31(30-21)19-7-4-3-5-8-19/h3-5,7-8,10-13H,2,6,9,14,16,26H2,1H3,(H2,27,28,29). The van der Waals surface area contributed by atoms with Crippen LogP contribution in [0.25, 0.3) is 5.69 Å². The van der Waals surface area contributed by atoms with Gasteiger partial charge in [-0.1, -0.05) is 30.3 Å². The van der Waals surface area contributed by atoms with Crippen molar-refractivity contribution < 1.29 is 4.39 Å². The van der Waals surface area contributed by atoms with Gasteiger partial charge in [0.15, 0.2) is 5.96 Å². The van der Waals surface area contributed by atoms with Crippen molar-refractivity contribution in [3.8, 4) is 11.8 Å². The van der Waals surface area contributed by atoms with E-state index in [0.29, 0.717) is 42.5 Å². The molecular formula is C23H26FN7. The fourth-order valence-electron chi connectivity index (χ4n) is 3.11. The lowest BCUT2D eigenvalue weighted by atomic mass is 10.1. The lowest BCUT2D eigenvalue weighted by Crippen LogP contribution is -2.37. The van der Waals surface area contributed by atoms with Crippen molar-refractivity contribution in [2.24, 2.45) is 4.99 Å². The van der Waals surface area contributed by atoms with Crippen LogP contribution in [0.5, 0.6) is 0 Å². The summed E-state index contributed by atoms with van der Waals surface area (Å²) in [6.45, 7) is 3.82. The zero-order chi connectivity index (χ0) is 22.1. The minimum Gasteiger partial charge on any atom is -0.382 e. The first-order valence-corrected chi connectivity index (χ1v) is 10.2. The zero-order valence-corrected chi connectivity index (χ0v) is 17.5. The summed E-state index contributed by atoms with van der Waals surface area (Å²) < 4.78 is 14.6. The van der Waals surface area contributed by atoms with Gasteiger partial charge in [-0.2, -0.15) is 10.4 Å². The first-order valence-electron chi connectivity index (χ1n) is 10.2. The van der Waals surface area contributed by atoms with Crippen molar-refractivity contribution >= 4 is 11.8 Å². The Bertz CT molecular complexity index is 1050. The lowest BCUT2D eigenvalue weighted by molar-refractivity contribution is 0.627. The molecule has 0 aliphatic carbocycles. The number of aryl methyl sites for hydroxylation is 1. The van der Waals surface area contributed by atoms with Crippen LogP contribution < -0.4 is 16.4 Å². The number of benzene rings is 2. The number of guanidine groups is 1. The van der Waals surface area contributed by atoms with Gasteiger partial charge in [0.2, 0.25) is 0 Å². The second-order valence-electron chi connectivity index (χ2n) is 6.92. The first kappa shape index (κ1) is 21.8. The topological polar surface area (TPSA) is 104 Å². The summed E-state index contributed by atoms with van der Waals surface area (Å²) in [5, 5.41) is 20.5. The van der Waals surface area contributed by atoms with E-state index in [1.54, 1.807) is 16.8 Å². The van der Waals surface area contributed by atoms with Crippen LogP contribution in [-0.4, -0.2) is 28.8 Å². The molecule has 0 saturated carbocycles. The molecule has 0 radical (unpaired) electrons. The van der Waals surface area contributed by atoms with Crippen molar-refractivity contribution in [3.63, 3.8) is 0 Å². The fourth-order valence-corrected chi connectivity index (χ4v) is 3.11. The number of nitrogen functional groups attached to an aromatic ring is 1. The monoisotopic (exact) mass is 419 g/mol. The van der Waals surface area contributed by atoms with E-state index in [2.05, 4.69) is 26.8 Å². The van der Waals surface area contributed by atoms with Gasteiger partial charge in [0.05, 0.1) is 17.9 Å². The molecule has 3 rings (SSSR count).